The highest BCUT2D eigenvalue weighted by atomic mass is 16.6. The molecule has 1 fully saturated rings. The predicted octanol–water partition coefficient (Wildman–Crippen LogP) is 0.0713. The molecule has 1 aliphatic carbocycles. The fourth-order valence-corrected chi connectivity index (χ4v) is 1.36. The molecule has 2 N–H and O–H groups in total. The molecule has 0 aliphatic heterocycles. The van der Waals surface area contributed by atoms with Crippen molar-refractivity contribution >= 4 is 5.91 Å². The smallest absolute Gasteiger partial charge is 0.256 e. The summed E-state index contributed by atoms with van der Waals surface area (Å²) in [5, 5.41) is 22.7. The number of aliphatic hydroxyl groups is 1. The highest BCUT2D eigenvalue weighted by Crippen LogP contribution is 2.19. The number of carbonyl (C=O) groups excluding carboxylic acids is 1. The van der Waals surface area contributed by atoms with Gasteiger partial charge in [-0.1, -0.05) is 6.92 Å². The van der Waals surface area contributed by atoms with Crippen LogP contribution in [-0.4, -0.2) is 34.1 Å². The zero-order chi connectivity index (χ0) is 11.4. The molecule has 0 spiro atoms. The molecule has 1 saturated carbocycles. The molecule has 0 aromatic heterocycles. The van der Waals surface area contributed by atoms with E-state index in [2.05, 4.69) is 5.32 Å². The second-order valence-corrected chi connectivity index (χ2v) is 3.87. The van der Waals surface area contributed by atoms with E-state index in [0.717, 1.165) is 12.8 Å². The van der Waals surface area contributed by atoms with Crippen molar-refractivity contribution in [2.75, 3.05) is 0 Å². The van der Waals surface area contributed by atoms with Crippen LogP contribution < -0.4 is 5.32 Å². The molecule has 0 bridgehead atoms. The molecule has 0 aromatic carbocycles. The predicted molar refractivity (Wildman–Crippen MR) is 52.9 cm³/mol. The van der Waals surface area contributed by atoms with E-state index in [1.54, 1.807) is 6.92 Å². The molecule has 6 nitrogen and oxygen atoms in total. The second kappa shape index (κ2) is 5.06. The monoisotopic (exact) mass is 216 g/mol. The van der Waals surface area contributed by atoms with Crippen LogP contribution >= 0.6 is 0 Å². The van der Waals surface area contributed by atoms with Gasteiger partial charge in [0.05, 0.1) is 0 Å². The lowest BCUT2D eigenvalue weighted by atomic mass is 10.1. The largest absolute Gasteiger partial charge is 0.377 e. The van der Waals surface area contributed by atoms with E-state index in [1.165, 1.54) is 0 Å². The fraction of sp³-hybridized carbons (Fsp3) is 0.889. The van der Waals surface area contributed by atoms with Crippen molar-refractivity contribution in [1.29, 1.82) is 0 Å². The summed E-state index contributed by atoms with van der Waals surface area (Å²) < 4.78 is 0. The molecule has 1 amide bonds. The molecule has 15 heavy (non-hydrogen) atoms. The number of nitrogens with one attached hydrogen (secondary N) is 1. The number of hydrogen-bond donors (Lipinski definition) is 2. The summed E-state index contributed by atoms with van der Waals surface area (Å²) in [4.78, 5) is 21.4. The van der Waals surface area contributed by atoms with E-state index < -0.39 is 23.0 Å². The third-order valence-electron chi connectivity index (χ3n) is 2.41. The van der Waals surface area contributed by atoms with Crippen molar-refractivity contribution in [3.8, 4) is 0 Å². The first-order chi connectivity index (χ1) is 7.06. The lowest BCUT2D eigenvalue weighted by molar-refractivity contribution is -0.532. The van der Waals surface area contributed by atoms with Crippen LogP contribution in [0.2, 0.25) is 0 Å². The number of amides is 1. The van der Waals surface area contributed by atoms with Gasteiger partial charge in [0.15, 0.2) is 0 Å². The normalized spacial score (nSPS) is 19.3. The quantitative estimate of drug-likeness (QED) is 0.485. The van der Waals surface area contributed by atoms with Crippen LogP contribution in [0.3, 0.4) is 0 Å². The second-order valence-electron chi connectivity index (χ2n) is 3.87. The van der Waals surface area contributed by atoms with Crippen LogP contribution in [0.15, 0.2) is 0 Å². The van der Waals surface area contributed by atoms with Gasteiger partial charge < -0.3 is 10.4 Å². The molecule has 0 saturated heterocycles. The van der Waals surface area contributed by atoms with E-state index >= 15 is 0 Å². The van der Waals surface area contributed by atoms with E-state index in [-0.39, 0.29) is 12.5 Å². The number of hydrogen-bond acceptors (Lipinski definition) is 4. The summed E-state index contributed by atoms with van der Waals surface area (Å²) in [5.41, 5.74) is 0. The SMILES string of the molecule is CCC[C@@H](C(O)C(=O)NC1CC1)[N+](=O)[O-]. The summed E-state index contributed by atoms with van der Waals surface area (Å²) in [6.45, 7) is 1.78. The highest BCUT2D eigenvalue weighted by Gasteiger charge is 2.36. The molecule has 1 unspecified atom stereocenters. The van der Waals surface area contributed by atoms with Gasteiger partial charge in [0.2, 0.25) is 12.1 Å². The minimum atomic E-state index is -1.53. The third-order valence-corrected chi connectivity index (χ3v) is 2.41. The lowest BCUT2D eigenvalue weighted by Crippen LogP contribution is -2.46. The summed E-state index contributed by atoms with van der Waals surface area (Å²) in [7, 11) is 0. The molecular weight excluding hydrogens is 200 g/mol. The van der Waals surface area contributed by atoms with Gasteiger partial charge in [0.25, 0.3) is 5.91 Å². The Labute approximate surface area is 87.8 Å². The van der Waals surface area contributed by atoms with Gasteiger partial charge >= 0.3 is 0 Å². The standard InChI is InChI=1S/C9H16N2O4/c1-2-3-7(11(14)15)8(12)9(13)10-6-4-5-6/h6-8,12H,2-5H2,1H3,(H,10,13)/t7-,8?/m0/s1. The Morgan fingerprint density at radius 2 is 2.27 bits per heavy atom. The van der Waals surface area contributed by atoms with Crippen LogP contribution in [0.25, 0.3) is 0 Å². The average molecular weight is 216 g/mol. The van der Waals surface area contributed by atoms with Crippen molar-refractivity contribution in [2.24, 2.45) is 0 Å². The van der Waals surface area contributed by atoms with Crippen molar-refractivity contribution in [3.05, 3.63) is 10.1 Å². The summed E-state index contributed by atoms with van der Waals surface area (Å²) in [6, 6.07) is -1.07. The summed E-state index contributed by atoms with van der Waals surface area (Å²) in [6.07, 6.45) is 1.05. The number of nitrogens with zero attached hydrogens (tertiary/aromatic N) is 1. The third kappa shape index (κ3) is 3.47. The molecule has 86 valence electrons. The van der Waals surface area contributed by atoms with Crippen molar-refractivity contribution in [3.63, 3.8) is 0 Å². The number of nitro groups is 1. The van der Waals surface area contributed by atoms with Crippen LogP contribution in [0.1, 0.15) is 32.6 Å². The molecular formula is C9H16N2O4. The van der Waals surface area contributed by atoms with Crippen LogP contribution in [0.5, 0.6) is 0 Å². The van der Waals surface area contributed by atoms with Gasteiger partial charge in [0, 0.05) is 17.4 Å². The topological polar surface area (TPSA) is 92.5 Å². The van der Waals surface area contributed by atoms with Crippen LogP contribution in [0, 0.1) is 10.1 Å². The van der Waals surface area contributed by atoms with Gasteiger partial charge in [-0.05, 0) is 19.3 Å². The molecule has 2 atom stereocenters. The summed E-state index contributed by atoms with van der Waals surface area (Å²) in [5.74, 6) is -0.618. The minimum absolute atomic E-state index is 0.112. The highest BCUT2D eigenvalue weighted by molar-refractivity contribution is 5.81. The first kappa shape index (κ1) is 11.9. The van der Waals surface area contributed by atoms with Crippen LogP contribution in [-0.2, 0) is 4.79 Å². The van der Waals surface area contributed by atoms with E-state index in [1.807, 2.05) is 0 Å². The Kier molecular flexibility index (Phi) is 4.02. The van der Waals surface area contributed by atoms with Gasteiger partial charge in [0.1, 0.15) is 0 Å². The Morgan fingerprint density at radius 3 is 2.67 bits per heavy atom. The molecule has 6 heteroatoms. The maximum Gasteiger partial charge on any atom is 0.256 e. The van der Waals surface area contributed by atoms with E-state index in [9.17, 15) is 20.0 Å². The van der Waals surface area contributed by atoms with E-state index in [4.69, 9.17) is 0 Å². The van der Waals surface area contributed by atoms with Crippen LogP contribution in [0.4, 0.5) is 0 Å². The average Bonchev–Trinajstić information content (AvgIpc) is 2.96. The molecule has 1 rings (SSSR count). The Bertz CT molecular complexity index is 252. The molecule has 1 aliphatic rings. The first-order valence-electron chi connectivity index (χ1n) is 5.18. The lowest BCUT2D eigenvalue weighted by Gasteiger charge is -2.14. The Morgan fingerprint density at radius 1 is 1.67 bits per heavy atom. The minimum Gasteiger partial charge on any atom is -0.377 e. The molecule has 0 radical (unpaired) electrons. The summed E-state index contributed by atoms with van der Waals surface area (Å²) >= 11 is 0. The first-order valence-corrected chi connectivity index (χ1v) is 5.18. The Balaban J connectivity index is 2.48. The van der Waals surface area contributed by atoms with Crippen molar-refractivity contribution in [1.82, 2.24) is 5.32 Å². The fourth-order valence-electron chi connectivity index (χ4n) is 1.36. The van der Waals surface area contributed by atoms with Crippen molar-refractivity contribution < 1.29 is 14.8 Å². The number of rotatable bonds is 6. The molecule has 0 aromatic rings. The Hall–Kier alpha value is -1.17. The zero-order valence-corrected chi connectivity index (χ0v) is 8.68. The molecule has 0 heterocycles. The van der Waals surface area contributed by atoms with E-state index in [0.29, 0.717) is 6.42 Å². The van der Waals surface area contributed by atoms with Gasteiger partial charge in [-0.25, -0.2) is 0 Å². The van der Waals surface area contributed by atoms with Gasteiger partial charge in [-0.3, -0.25) is 14.9 Å². The maximum atomic E-state index is 11.3. The zero-order valence-electron chi connectivity index (χ0n) is 8.68. The van der Waals surface area contributed by atoms with Gasteiger partial charge in [-0.15, -0.1) is 0 Å². The maximum absolute atomic E-state index is 11.3. The number of aliphatic hydroxyl groups excluding tert-OH is 1. The van der Waals surface area contributed by atoms with Gasteiger partial charge in [-0.2, -0.15) is 0 Å². The van der Waals surface area contributed by atoms with Crippen molar-refractivity contribution in [2.45, 2.75) is 50.8 Å². The number of carbonyl (C=O) groups is 1.